The lowest BCUT2D eigenvalue weighted by molar-refractivity contribution is 0.462. The molecule has 0 spiro atoms. The summed E-state index contributed by atoms with van der Waals surface area (Å²) in [5, 5.41) is 3.85. The third-order valence-corrected chi connectivity index (χ3v) is 3.10. The van der Waals surface area contributed by atoms with Crippen molar-refractivity contribution in [2.24, 2.45) is 0 Å². The molecule has 1 heterocycles. The van der Waals surface area contributed by atoms with Crippen LogP contribution in [0.5, 0.6) is 11.6 Å². The van der Waals surface area contributed by atoms with E-state index in [0.717, 1.165) is 12.2 Å². The van der Waals surface area contributed by atoms with E-state index in [-0.39, 0.29) is 0 Å². The van der Waals surface area contributed by atoms with E-state index in [1.165, 1.54) is 0 Å². The van der Waals surface area contributed by atoms with Crippen molar-refractivity contribution in [3.8, 4) is 11.6 Å². The van der Waals surface area contributed by atoms with E-state index in [1.807, 2.05) is 13.8 Å². The van der Waals surface area contributed by atoms with E-state index in [1.54, 1.807) is 24.3 Å². The second-order valence-electron chi connectivity index (χ2n) is 3.86. The van der Waals surface area contributed by atoms with Crippen LogP contribution in [0.25, 0.3) is 0 Å². The molecule has 19 heavy (non-hydrogen) atoms. The molecule has 0 radical (unpaired) electrons. The van der Waals surface area contributed by atoms with Crippen LogP contribution in [0.2, 0.25) is 10.0 Å². The molecule has 1 aromatic carbocycles. The van der Waals surface area contributed by atoms with Gasteiger partial charge in [0.2, 0.25) is 11.8 Å². The maximum atomic E-state index is 6.07. The Morgan fingerprint density at radius 2 is 2.05 bits per heavy atom. The van der Waals surface area contributed by atoms with Crippen molar-refractivity contribution in [1.82, 2.24) is 9.97 Å². The number of anilines is 1. The average molecular weight is 298 g/mol. The maximum absolute atomic E-state index is 6.07. The Morgan fingerprint density at radius 1 is 1.26 bits per heavy atom. The Morgan fingerprint density at radius 3 is 2.79 bits per heavy atom. The van der Waals surface area contributed by atoms with E-state index in [0.29, 0.717) is 27.6 Å². The molecule has 2 aromatic rings. The zero-order valence-corrected chi connectivity index (χ0v) is 12.1. The van der Waals surface area contributed by atoms with Crippen molar-refractivity contribution >= 4 is 29.2 Å². The smallest absolute Gasteiger partial charge is 0.226 e. The van der Waals surface area contributed by atoms with Gasteiger partial charge in [0.05, 0.1) is 5.02 Å². The molecule has 0 aliphatic carbocycles. The third kappa shape index (κ3) is 3.49. The normalized spacial score (nSPS) is 10.3. The quantitative estimate of drug-likeness (QED) is 0.913. The van der Waals surface area contributed by atoms with Gasteiger partial charge in [0.1, 0.15) is 10.8 Å². The van der Waals surface area contributed by atoms with E-state index in [2.05, 4.69) is 15.3 Å². The first-order valence-corrected chi connectivity index (χ1v) is 6.57. The molecule has 0 saturated heterocycles. The van der Waals surface area contributed by atoms with Gasteiger partial charge in [-0.25, -0.2) is 4.98 Å². The van der Waals surface area contributed by atoms with Gasteiger partial charge in [-0.3, -0.25) is 0 Å². The van der Waals surface area contributed by atoms with Gasteiger partial charge in [-0.05, 0) is 26.0 Å². The molecule has 2 rings (SSSR count). The topological polar surface area (TPSA) is 47.0 Å². The Labute approximate surface area is 121 Å². The highest BCUT2D eigenvalue weighted by Gasteiger charge is 2.09. The molecule has 0 amide bonds. The summed E-state index contributed by atoms with van der Waals surface area (Å²) in [6.07, 6.45) is 0. The summed E-state index contributed by atoms with van der Waals surface area (Å²) in [5.41, 5.74) is 0.805. The number of rotatable bonds is 4. The Hall–Kier alpha value is -1.52. The largest absolute Gasteiger partial charge is 0.437 e. The molecule has 0 bridgehead atoms. The van der Waals surface area contributed by atoms with Crippen LogP contribution in [0.15, 0.2) is 24.3 Å². The highest BCUT2D eigenvalue weighted by Crippen LogP contribution is 2.34. The van der Waals surface area contributed by atoms with Crippen LogP contribution in [0.1, 0.15) is 12.6 Å². The number of benzene rings is 1. The fraction of sp³-hybridized carbons (Fsp3) is 0.231. The van der Waals surface area contributed by atoms with Crippen molar-refractivity contribution in [1.29, 1.82) is 0 Å². The minimum atomic E-state index is 0.366. The summed E-state index contributed by atoms with van der Waals surface area (Å²) in [7, 11) is 0. The molecule has 0 atom stereocenters. The number of aromatic nitrogens is 2. The summed E-state index contributed by atoms with van der Waals surface area (Å²) >= 11 is 12.0. The van der Waals surface area contributed by atoms with E-state index in [9.17, 15) is 0 Å². The van der Waals surface area contributed by atoms with Gasteiger partial charge in [-0.15, -0.1) is 0 Å². The molecule has 0 aliphatic rings. The van der Waals surface area contributed by atoms with Crippen molar-refractivity contribution in [3.05, 3.63) is 40.0 Å². The van der Waals surface area contributed by atoms with Gasteiger partial charge >= 0.3 is 0 Å². The lowest BCUT2D eigenvalue weighted by Gasteiger charge is -2.09. The van der Waals surface area contributed by atoms with Crippen molar-refractivity contribution in [2.45, 2.75) is 13.8 Å². The second kappa shape index (κ2) is 6.08. The summed E-state index contributed by atoms with van der Waals surface area (Å²) in [5.74, 6) is 1.41. The van der Waals surface area contributed by atoms with Crippen LogP contribution in [-0.2, 0) is 0 Å². The van der Waals surface area contributed by atoms with E-state index < -0.39 is 0 Å². The zero-order valence-electron chi connectivity index (χ0n) is 10.6. The lowest BCUT2D eigenvalue weighted by atomic mass is 10.3. The molecule has 6 heteroatoms. The van der Waals surface area contributed by atoms with Gasteiger partial charge in [0, 0.05) is 18.3 Å². The number of hydrogen-bond acceptors (Lipinski definition) is 4. The molecule has 0 aliphatic heterocycles. The number of nitrogens with zero attached hydrogens (tertiary/aromatic N) is 2. The van der Waals surface area contributed by atoms with E-state index in [4.69, 9.17) is 27.9 Å². The average Bonchev–Trinajstić information content (AvgIpc) is 2.35. The molecular formula is C13H13Cl2N3O. The lowest BCUT2D eigenvalue weighted by Crippen LogP contribution is -2.04. The standard InChI is InChI=1S/C13H13Cl2N3O/c1-3-16-13-17-8(2)7-11(18-13)19-10-6-4-5-9(14)12(10)15/h4-7H,3H2,1-2H3,(H,16,17,18). The first-order valence-electron chi connectivity index (χ1n) is 5.81. The minimum absolute atomic E-state index is 0.366. The van der Waals surface area contributed by atoms with Crippen LogP contribution >= 0.6 is 23.2 Å². The van der Waals surface area contributed by atoms with Gasteiger partial charge in [-0.1, -0.05) is 29.3 Å². The number of nitrogens with one attached hydrogen (secondary N) is 1. The fourth-order valence-corrected chi connectivity index (χ4v) is 1.84. The van der Waals surface area contributed by atoms with Crippen LogP contribution in [0.4, 0.5) is 5.95 Å². The van der Waals surface area contributed by atoms with Gasteiger partial charge in [0.25, 0.3) is 0 Å². The van der Waals surface area contributed by atoms with Crippen molar-refractivity contribution in [2.75, 3.05) is 11.9 Å². The monoisotopic (exact) mass is 297 g/mol. The SMILES string of the molecule is CCNc1nc(C)cc(Oc2cccc(Cl)c2Cl)n1. The number of aryl methyl sites for hydroxylation is 1. The number of halogens is 2. The molecule has 1 aromatic heterocycles. The predicted octanol–water partition coefficient (Wildman–Crippen LogP) is 4.32. The molecule has 1 N–H and O–H groups in total. The van der Waals surface area contributed by atoms with Gasteiger partial charge in [-0.2, -0.15) is 4.98 Å². The first kappa shape index (κ1) is 13.9. The Balaban J connectivity index is 2.30. The molecule has 4 nitrogen and oxygen atoms in total. The predicted molar refractivity (Wildman–Crippen MR) is 77.5 cm³/mol. The van der Waals surface area contributed by atoms with Crippen molar-refractivity contribution < 1.29 is 4.74 Å². The summed E-state index contributed by atoms with van der Waals surface area (Å²) in [4.78, 5) is 8.49. The van der Waals surface area contributed by atoms with Gasteiger partial charge in [0.15, 0.2) is 0 Å². The van der Waals surface area contributed by atoms with Crippen LogP contribution in [-0.4, -0.2) is 16.5 Å². The summed E-state index contributed by atoms with van der Waals surface area (Å²) in [6, 6.07) is 6.94. The van der Waals surface area contributed by atoms with Crippen LogP contribution in [0.3, 0.4) is 0 Å². The Kier molecular flexibility index (Phi) is 4.45. The van der Waals surface area contributed by atoms with Crippen molar-refractivity contribution in [3.63, 3.8) is 0 Å². The molecule has 0 fully saturated rings. The molecule has 0 unspecified atom stereocenters. The second-order valence-corrected chi connectivity index (χ2v) is 4.64. The third-order valence-electron chi connectivity index (χ3n) is 2.30. The van der Waals surface area contributed by atoms with Crippen LogP contribution < -0.4 is 10.1 Å². The summed E-state index contributed by atoms with van der Waals surface area (Å²) in [6.45, 7) is 4.58. The first-order chi connectivity index (χ1) is 9.10. The molecule has 100 valence electrons. The van der Waals surface area contributed by atoms with E-state index >= 15 is 0 Å². The van der Waals surface area contributed by atoms with Crippen LogP contribution in [0, 0.1) is 6.92 Å². The molecular weight excluding hydrogens is 285 g/mol. The maximum Gasteiger partial charge on any atom is 0.226 e. The summed E-state index contributed by atoms with van der Waals surface area (Å²) < 4.78 is 5.65. The number of ether oxygens (including phenoxy) is 1. The Bertz CT molecular complexity index is 590. The zero-order chi connectivity index (χ0) is 13.8. The highest BCUT2D eigenvalue weighted by molar-refractivity contribution is 6.42. The molecule has 0 saturated carbocycles. The number of hydrogen-bond donors (Lipinski definition) is 1. The fourth-order valence-electron chi connectivity index (χ4n) is 1.50. The highest BCUT2D eigenvalue weighted by atomic mass is 35.5. The minimum Gasteiger partial charge on any atom is -0.437 e. The van der Waals surface area contributed by atoms with Gasteiger partial charge < -0.3 is 10.1 Å².